The summed E-state index contributed by atoms with van der Waals surface area (Å²) in [6, 6.07) is 11.7. The fourth-order valence-corrected chi connectivity index (χ4v) is 9.40. The highest BCUT2D eigenvalue weighted by molar-refractivity contribution is 7.76. The fourth-order valence-electron chi connectivity index (χ4n) is 7.90. The van der Waals surface area contributed by atoms with Crippen LogP contribution in [-0.2, 0) is 32.0 Å². The monoisotopic (exact) mass is 650 g/mol. The number of carbonyl (C=O) groups excluding carboxylic acids is 2. The lowest BCUT2D eigenvalue weighted by Crippen LogP contribution is -2.49. The van der Waals surface area contributed by atoms with E-state index in [0.29, 0.717) is 31.6 Å². The number of aryl methyl sites for hydroxylation is 1. The predicted molar refractivity (Wildman–Crippen MR) is 180 cm³/mol. The Bertz CT molecular complexity index is 1600. The maximum atomic E-state index is 13.6. The highest BCUT2D eigenvalue weighted by Crippen LogP contribution is 2.47. The van der Waals surface area contributed by atoms with Gasteiger partial charge in [-0.3, -0.25) is 13.8 Å². The molecule has 7 atom stereocenters. The topological polar surface area (TPSA) is 85.3 Å². The summed E-state index contributed by atoms with van der Waals surface area (Å²) >= 11 is 6.42. The predicted octanol–water partition coefficient (Wildman–Crippen LogP) is 7.12. The molecule has 2 aliphatic carbocycles. The average Bonchev–Trinajstić information content (AvgIpc) is 3.14. The van der Waals surface area contributed by atoms with E-state index < -0.39 is 22.6 Å². The van der Waals surface area contributed by atoms with Crippen LogP contribution in [0.3, 0.4) is 0 Å². The Morgan fingerprint density at radius 1 is 1.24 bits per heavy atom. The van der Waals surface area contributed by atoms with Crippen LogP contribution in [0.5, 0.6) is 5.75 Å². The van der Waals surface area contributed by atoms with Crippen LogP contribution in [0.1, 0.15) is 73.9 Å². The summed E-state index contributed by atoms with van der Waals surface area (Å²) in [6.07, 6.45) is 11.5. The minimum atomic E-state index is -2.21. The van der Waals surface area contributed by atoms with Crippen molar-refractivity contribution in [3.05, 3.63) is 82.9 Å². The van der Waals surface area contributed by atoms with Gasteiger partial charge < -0.3 is 14.4 Å². The molecule has 240 valence electrons. The molecule has 2 aliphatic heterocycles. The number of ether oxygens (including phenoxy) is 2. The van der Waals surface area contributed by atoms with Gasteiger partial charge >= 0.3 is 5.97 Å². The number of halogens is 1. The van der Waals surface area contributed by atoms with Crippen molar-refractivity contribution >= 4 is 39.8 Å². The normalized spacial score (nSPS) is 32.2. The van der Waals surface area contributed by atoms with Crippen molar-refractivity contribution in [3.63, 3.8) is 0 Å². The molecular weight excluding hydrogens is 608 g/mol. The van der Waals surface area contributed by atoms with Crippen molar-refractivity contribution < 1.29 is 23.3 Å². The van der Waals surface area contributed by atoms with Crippen molar-refractivity contribution in [1.82, 2.24) is 0 Å². The van der Waals surface area contributed by atoms with Crippen LogP contribution in [0.4, 0.5) is 5.69 Å². The molecule has 2 bridgehead atoms. The first-order chi connectivity index (χ1) is 21.7. The zero-order valence-electron chi connectivity index (χ0n) is 26.1. The summed E-state index contributed by atoms with van der Waals surface area (Å²) in [5.74, 6) is 0.182. The highest BCUT2D eigenvalue weighted by Gasteiger charge is 2.45. The molecule has 1 fully saturated rings. The highest BCUT2D eigenvalue weighted by atomic mass is 35.5. The second-order valence-electron chi connectivity index (χ2n) is 13.1. The van der Waals surface area contributed by atoms with Gasteiger partial charge in [-0.05, 0) is 104 Å². The van der Waals surface area contributed by atoms with Gasteiger partial charge in [-0.15, -0.1) is 6.58 Å². The van der Waals surface area contributed by atoms with Crippen LogP contribution < -0.4 is 9.64 Å². The first kappa shape index (κ1) is 31.9. The Labute approximate surface area is 273 Å². The van der Waals surface area contributed by atoms with Crippen molar-refractivity contribution in [2.24, 2.45) is 22.1 Å². The van der Waals surface area contributed by atoms with Gasteiger partial charge in [0.15, 0.2) is 0 Å². The van der Waals surface area contributed by atoms with Crippen molar-refractivity contribution in [2.75, 3.05) is 24.6 Å². The summed E-state index contributed by atoms with van der Waals surface area (Å²) < 4.78 is 30.4. The van der Waals surface area contributed by atoms with Gasteiger partial charge in [0.1, 0.15) is 11.9 Å². The average molecular weight is 651 g/mol. The maximum absolute atomic E-state index is 13.6. The number of allylic oxidation sites excluding steroid dienone is 2. The van der Waals surface area contributed by atoms with Crippen molar-refractivity contribution in [3.8, 4) is 5.75 Å². The lowest BCUT2D eigenvalue weighted by Gasteiger charge is -2.46. The Morgan fingerprint density at radius 2 is 2.09 bits per heavy atom. The number of nitrogens with zero attached hydrogens (tertiary/aromatic N) is 2. The molecule has 45 heavy (non-hydrogen) atoms. The first-order valence-corrected chi connectivity index (χ1v) is 17.9. The van der Waals surface area contributed by atoms with E-state index in [4.69, 9.17) is 21.1 Å². The van der Waals surface area contributed by atoms with Crippen molar-refractivity contribution in [2.45, 2.75) is 75.6 Å². The van der Waals surface area contributed by atoms with Gasteiger partial charge in [-0.1, -0.05) is 36.7 Å². The van der Waals surface area contributed by atoms with Gasteiger partial charge in [0.25, 0.3) is 5.91 Å². The molecule has 2 aromatic rings. The van der Waals surface area contributed by atoms with Crippen LogP contribution >= 0.6 is 11.6 Å². The van der Waals surface area contributed by atoms with Gasteiger partial charge in [-0.25, -0.2) is 0 Å². The third kappa shape index (κ3) is 6.46. The second kappa shape index (κ2) is 13.3. The Morgan fingerprint density at radius 3 is 2.82 bits per heavy atom. The van der Waals surface area contributed by atoms with E-state index in [-0.39, 0.29) is 34.4 Å². The lowest BCUT2D eigenvalue weighted by atomic mass is 9.68. The number of anilines is 1. The van der Waals surface area contributed by atoms with Crippen LogP contribution in [0.25, 0.3) is 0 Å². The van der Waals surface area contributed by atoms with Crippen LogP contribution in [0, 0.1) is 17.8 Å². The molecule has 0 radical (unpaired) electrons. The van der Waals surface area contributed by atoms with Crippen LogP contribution in [0.15, 0.2) is 65.6 Å². The Kier molecular flexibility index (Phi) is 9.44. The molecule has 0 saturated heterocycles. The standard InChI is InChI=1S/C36H43ClN2O5S/c1-4-7-24-10-15-32(44-23(3)40)29-13-9-27(29)20-39-21-36(17-6-8-25-18-28(37)12-14-30(25)36)22-43-33-16-11-26(19-31(33)39)35(41)38-45(42)34(24)5-2/h4,10-12,14-16,18-19,24,27,29,32,34,45H,1,5-9,13,17,20-22H2,2-3H3/b15-10+/t24-,27+,29-,32+,34-,36+/m1/s1. The zero-order chi connectivity index (χ0) is 31.7. The molecule has 6 rings (SSSR count). The smallest absolute Gasteiger partial charge is 0.303 e. The summed E-state index contributed by atoms with van der Waals surface area (Å²) in [4.78, 5) is 28.2. The Hall–Kier alpha value is -3.10. The quantitative estimate of drug-likeness (QED) is 0.216. The van der Waals surface area contributed by atoms with E-state index in [2.05, 4.69) is 28.0 Å². The number of amides is 1. The van der Waals surface area contributed by atoms with E-state index >= 15 is 0 Å². The zero-order valence-corrected chi connectivity index (χ0v) is 27.8. The number of carbonyl (C=O) groups is 2. The number of hydrogen-bond acceptors (Lipinski definition) is 6. The summed E-state index contributed by atoms with van der Waals surface area (Å²) in [5, 5.41) is 0.393. The summed E-state index contributed by atoms with van der Waals surface area (Å²) in [5.41, 5.74) is 3.54. The second-order valence-corrected chi connectivity index (χ2v) is 15.0. The molecule has 4 aliphatic rings. The molecule has 1 unspecified atom stereocenters. The number of esters is 1. The molecule has 1 spiro atoms. The molecule has 1 amide bonds. The van der Waals surface area contributed by atoms with Crippen LogP contribution in [-0.4, -0.2) is 47.1 Å². The van der Waals surface area contributed by atoms with E-state index in [1.54, 1.807) is 12.1 Å². The molecule has 0 aromatic heterocycles. The molecule has 9 heteroatoms. The van der Waals surface area contributed by atoms with Gasteiger partial charge in [0, 0.05) is 57.8 Å². The van der Waals surface area contributed by atoms with E-state index in [1.165, 1.54) is 18.1 Å². The molecule has 2 heterocycles. The minimum absolute atomic E-state index is 0.143. The summed E-state index contributed by atoms with van der Waals surface area (Å²) in [7, 11) is -2.21. The number of hydrogen-bond donors (Lipinski definition) is 1. The maximum Gasteiger partial charge on any atom is 0.303 e. The lowest BCUT2D eigenvalue weighted by molar-refractivity contribution is -0.149. The Balaban J connectivity index is 1.46. The largest absolute Gasteiger partial charge is 0.490 e. The molecule has 0 N–H and O–H groups in total. The molecule has 1 saturated carbocycles. The van der Waals surface area contributed by atoms with Gasteiger partial charge in [0.2, 0.25) is 0 Å². The van der Waals surface area contributed by atoms with Gasteiger partial charge in [-0.2, -0.15) is 4.36 Å². The van der Waals surface area contributed by atoms with E-state index in [1.807, 2.05) is 37.3 Å². The third-order valence-corrected chi connectivity index (χ3v) is 12.2. The van der Waals surface area contributed by atoms with E-state index in [0.717, 1.165) is 55.1 Å². The van der Waals surface area contributed by atoms with Crippen LogP contribution in [0.2, 0.25) is 5.02 Å². The van der Waals surface area contributed by atoms with Crippen molar-refractivity contribution in [1.29, 1.82) is 0 Å². The van der Waals surface area contributed by atoms with Gasteiger partial charge in [0.05, 0.1) is 12.3 Å². The third-order valence-electron chi connectivity index (χ3n) is 10.3. The molecular formula is C36H43ClN2O5S. The number of rotatable bonds is 4. The number of thiol groups is 1. The van der Waals surface area contributed by atoms with E-state index in [9.17, 15) is 13.8 Å². The molecule has 7 nitrogen and oxygen atoms in total. The number of benzene rings is 2. The SMILES string of the molecule is C=CC[C@@H]1/C=C/[C@H](OC(C)=O)[C@@H]2CC[C@H]2CN2C[C@@]3(CCCc4cc(Cl)ccc43)COc3ccc(cc32)C(=O)/N=[SH](=O)\[C@@H]1CC. The minimum Gasteiger partial charge on any atom is -0.490 e. The summed E-state index contributed by atoms with van der Waals surface area (Å²) in [6.45, 7) is 9.30. The fraction of sp³-hybridized carbons (Fsp3) is 0.500. The molecule has 2 aromatic carbocycles. The first-order valence-electron chi connectivity index (χ1n) is 16.2. The number of fused-ring (bicyclic) bond motifs is 4.